The molecule has 0 radical (unpaired) electrons. The number of unbranched alkanes of at least 4 members (excludes halogenated alkanes) is 2. The number of hydrogen-bond donors (Lipinski definition) is 4. The summed E-state index contributed by atoms with van der Waals surface area (Å²) < 4.78 is 0.460. The molecule has 0 unspecified atom stereocenters. The number of hydrogen-bond acceptors (Lipinski definition) is 6. The van der Waals surface area contributed by atoms with E-state index in [0.717, 1.165) is 24.9 Å². The van der Waals surface area contributed by atoms with Gasteiger partial charge in [0, 0.05) is 11.4 Å². The maximum absolute atomic E-state index is 13.5. The van der Waals surface area contributed by atoms with Crippen LogP contribution in [0.2, 0.25) is 0 Å². The van der Waals surface area contributed by atoms with Gasteiger partial charge >= 0.3 is 0 Å². The molecule has 0 atom stereocenters. The quantitative estimate of drug-likeness (QED) is 0.120. The largest absolute Gasteiger partial charge is 0.506 e. The van der Waals surface area contributed by atoms with Crippen molar-refractivity contribution in [3.8, 4) is 11.5 Å². The molecule has 6 nitrogen and oxygen atoms in total. The van der Waals surface area contributed by atoms with Gasteiger partial charge in [-0.3, -0.25) is 9.59 Å². The number of ketones is 2. The molecule has 0 fully saturated rings. The monoisotopic (exact) mass is 572 g/mol. The first-order valence-electron chi connectivity index (χ1n) is 10.6. The molecule has 0 aliphatic heterocycles. The summed E-state index contributed by atoms with van der Waals surface area (Å²) in [5.41, 5.74) is 7.82. The standard InChI is InChI=1S/C25H22Br2N2O4/c1-2-3-4-5-12-6-8-13(9-7-12)29-17-11-15(27)23(31)21-19(17)25(33)20-18(24(21)32)16(28)10-14(26)22(20)30/h6-11,29-31H,2-5,28H2,1H3. The lowest BCUT2D eigenvalue weighted by atomic mass is 9.81. The van der Waals surface area contributed by atoms with Gasteiger partial charge in [0.05, 0.1) is 36.9 Å². The second kappa shape index (κ2) is 9.19. The number of nitrogen functional groups attached to an aromatic ring is 1. The fourth-order valence-electron chi connectivity index (χ4n) is 4.06. The number of benzene rings is 3. The first-order valence-corrected chi connectivity index (χ1v) is 12.1. The minimum atomic E-state index is -0.631. The Bertz CT molecular complexity index is 1290. The number of aromatic hydroxyl groups is 2. The summed E-state index contributed by atoms with van der Waals surface area (Å²) in [5, 5.41) is 24.4. The lowest BCUT2D eigenvalue weighted by molar-refractivity contribution is 0.0975. The Kier molecular flexibility index (Phi) is 6.50. The highest BCUT2D eigenvalue weighted by Crippen LogP contribution is 2.46. The molecule has 0 bridgehead atoms. The van der Waals surface area contributed by atoms with Gasteiger partial charge in [-0.25, -0.2) is 0 Å². The molecule has 0 saturated carbocycles. The topological polar surface area (TPSA) is 113 Å². The lowest BCUT2D eigenvalue weighted by Crippen LogP contribution is -2.24. The zero-order valence-electron chi connectivity index (χ0n) is 17.8. The molecule has 8 heteroatoms. The van der Waals surface area contributed by atoms with Crippen molar-refractivity contribution in [3.63, 3.8) is 0 Å². The number of carbonyl (C=O) groups excluding carboxylic acids is 2. The van der Waals surface area contributed by atoms with Crippen LogP contribution in [0.5, 0.6) is 11.5 Å². The van der Waals surface area contributed by atoms with E-state index in [2.05, 4.69) is 44.1 Å². The van der Waals surface area contributed by atoms with Crippen molar-refractivity contribution >= 4 is 60.5 Å². The van der Waals surface area contributed by atoms with Crippen LogP contribution in [0.15, 0.2) is 45.3 Å². The van der Waals surface area contributed by atoms with E-state index in [1.165, 1.54) is 24.1 Å². The average molecular weight is 574 g/mol. The molecular weight excluding hydrogens is 552 g/mol. The first-order chi connectivity index (χ1) is 15.7. The fourth-order valence-corrected chi connectivity index (χ4v) is 4.93. The summed E-state index contributed by atoms with van der Waals surface area (Å²) >= 11 is 6.45. The predicted molar refractivity (Wildman–Crippen MR) is 136 cm³/mol. The van der Waals surface area contributed by atoms with Crippen LogP contribution in [0.3, 0.4) is 0 Å². The van der Waals surface area contributed by atoms with Crippen LogP contribution in [0.25, 0.3) is 0 Å². The van der Waals surface area contributed by atoms with E-state index in [4.69, 9.17) is 5.73 Å². The Morgan fingerprint density at radius 1 is 0.848 bits per heavy atom. The summed E-state index contributed by atoms with van der Waals surface area (Å²) in [5.74, 6) is -1.96. The highest BCUT2D eigenvalue weighted by molar-refractivity contribution is 9.11. The number of halogens is 2. The molecule has 0 heterocycles. The van der Waals surface area contributed by atoms with E-state index >= 15 is 0 Å². The van der Waals surface area contributed by atoms with E-state index in [1.807, 2.05) is 24.3 Å². The molecule has 3 aromatic carbocycles. The molecule has 0 aromatic heterocycles. The van der Waals surface area contributed by atoms with Crippen molar-refractivity contribution in [2.45, 2.75) is 32.6 Å². The number of rotatable bonds is 6. The van der Waals surface area contributed by atoms with E-state index in [9.17, 15) is 19.8 Å². The average Bonchev–Trinajstić information content (AvgIpc) is 2.78. The van der Waals surface area contributed by atoms with Crippen molar-refractivity contribution in [1.29, 1.82) is 0 Å². The Hall–Kier alpha value is -2.84. The Labute approximate surface area is 208 Å². The highest BCUT2D eigenvalue weighted by atomic mass is 79.9. The Balaban J connectivity index is 1.79. The molecule has 1 aliphatic carbocycles. The van der Waals surface area contributed by atoms with Crippen molar-refractivity contribution in [2.24, 2.45) is 0 Å². The molecule has 0 spiro atoms. The van der Waals surface area contributed by atoms with E-state index < -0.39 is 11.6 Å². The van der Waals surface area contributed by atoms with Gasteiger partial charge in [0.2, 0.25) is 11.6 Å². The summed E-state index contributed by atoms with van der Waals surface area (Å²) in [6.07, 6.45) is 4.46. The normalized spacial score (nSPS) is 12.5. The number of phenols is 2. The van der Waals surface area contributed by atoms with E-state index in [1.54, 1.807) is 0 Å². The number of carbonyl (C=O) groups is 2. The van der Waals surface area contributed by atoms with Crippen LogP contribution in [-0.4, -0.2) is 21.8 Å². The predicted octanol–water partition coefficient (Wildman–Crippen LogP) is 6.46. The van der Waals surface area contributed by atoms with Crippen molar-refractivity contribution in [1.82, 2.24) is 0 Å². The zero-order valence-corrected chi connectivity index (χ0v) is 21.0. The second-order valence-electron chi connectivity index (χ2n) is 7.99. The molecule has 1 aliphatic rings. The van der Waals surface area contributed by atoms with Gasteiger partial charge in [-0.2, -0.15) is 0 Å². The van der Waals surface area contributed by atoms with Crippen LogP contribution in [-0.2, 0) is 6.42 Å². The third-order valence-corrected chi connectivity index (χ3v) is 6.96. The maximum Gasteiger partial charge on any atom is 0.200 e. The third kappa shape index (κ3) is 4.13. The minimum Gasteiger partial charge on any atom is -0.506 e. The lowest BCUT2D eigenvalue weighted by Gasteiger charge is -2.24. The SMILES string of the molecule is CCCCCc1ccc(Nc2cc(Br)c(O)c3c2C(=O)c2c(O)c(Br)cc(N)c2C3=O)cc1. The molecule has 0 saturated heterocycles. The van der Waals surface area contributed by atoms with E-state index in [-0.39, 0.29) is 48.4 Å². The summed E-state index contributed by atoms with van der Waals surface area (Å²) in [6, 6.07) is 10.8. The molecule has 0 amide bonds. The summed E-state index contributed by atoms with van der Waals surface area (Å²) in [7, 11) is 0. The van der Waals surface area contributed by atoms with Crippen molar-refractivity contribution < 1.29 is 19.8 Å². The molecule has 33 heavy (non-hydrogen) atoms. The Morgan fingerprint density at radius 3 is 2.06 bits per heavy atom. The number of aryl methyl sites for hydroxylation is 1. The smallest absolute Gasteiger partial charge is 0.200 e. The fraction of sp³-hybridized carbons (Fsp3) is 0.200. The Morgan fingerprint density at radius 2 is 1.42 bits per heavy atom. The van der Waals surface area contributed by atoms with Crippen molar-refractivity contribution in [2.75, 3.05) is 11.1 Å². The maximum atomic E-state index is 13.5. The van der Waals surface area contributed by atoms with Crippen molar-refractivity contribution in [3.05, 3.63) is 73.2 Å². The van der Waals surface area contributed by atoms with Gasteiger partial charge in [-0.05, 0) is 74.5 Å². The number of anilines is 3. The van der Waals surface area contributed by atoms with Gasteiger partial charge in [-0.15, -0.1) is 0 Å². The van der Waals surface area contributed by atoms with Gasteiger partial charge in [0.25, 0.3) is 0 Å². The van der Waals surface area contributed by atoms with Gasteiger partial charge in [0.1, 0.15) is 11.5 Å². The number of phenolic OH excluding ortho intramolecular Hbond substituents is 2. The molecule has 5 N–H and O–H groups in total. The van der Waals surface area contributed by atoms with Gasteiger partial charge in [-0.1, -0.05) is 31.9 Å². The first kappa shape index (κ1) is 23.3. The van der Waals surface area contributed by atoms with Crippen LogP contribution in [0.1, 0.15) is 63.6 Å². The summed E-state index contributed by atoms with van der Waals surface area (Å²) in [6.45, 7) is 2.17. The molecule has 4 rings (SSSR count). The highest BCUT2D eigenvalue weighted by Gasteiger charge is 2.39. The summed E-state index contributed by atoms with van der Waals surface area (Å²) in [4.78, 5) is 26.8. The van der Waals surface area contributed by atoms with Gasteiger partial charge < -0.3 is 21.3 Å². The minimum absolute atomic E-state index is 0.0203. The van der Waals surface area contributed by atoms with Crippen LogP contribution in [0, 0.1) is 0 Å². The number of nitrogens with two attached hydrogens (primary N) is 1. The van der Waals surface area contributed by atoms with Gasteiger partial charge in [0.15, 0.2) is 0 Å². The molecule has 3 aromatic rings. The van der Waals surface area contributed by atoms with E-state index in [0.29, 0.717) is 5.69 Å². The zero-order chi connectivity index (χ0) is 23.9. The van der Waals surface area contributed by atoms with Crippen LogP contribution in [0.4, 0.5) is 17.1 Å². The third-order valence-electron chi connectivity index (χ3n) is 5.75. The molecular formula is C25H22Br2N2O4. The van der Waals surface area contributed by atoms with Crippen LogP contribution < -0.4 is 11.1 Å². The second-order valence-corrected chi connectivity index (χ2v) is 9.70. The number of nitrogens with one attached hydrogen (secondary N) is 1. The number of fused-ring (bicyclic) bond motifs is 2. The van der Waals surface area contributed by atoms with Crippen LogP contribution >= 0.6 is 31.9 Å². The molecule has 170 valence electrons.